The lowest BCUT2D eigenvalue weighted by molar-refractivity contribution is 0.101. The molecule has 7 heteroatoms. The number of ketones is 1. The molecule has 0 unspecified atom stereocenters. The van der Waals surface area contributed by atoms with Crippen LogP contribution in [0.5, 0.6) is 5.88 Å². The van der Waals surface area contributed by atoms with E-state index in [-0.39, 0.29) is 23.7 Å². The molecule has 0 spiro atoms. The summed E-state index contributed by atoms with van der Waals surface area (Å²) < 4.78 is 1.81. The average Bonchev–Trinajstić information content (AvgIpc) is 2.51. The Labute approximate surface area is 138 Å². The zero-order chi connectivity index (χ0) is 18.0. The molecule has 0 saturated heterocycles. The van der Waals surface area contributed by atoms with Crippen LogP contribution >= 0.6 is 0 Å². The van der Waals surface area contributed by atoms with Crippen LogP contribution in [0.15, 0.2) is 33.9 Å². The highest BCUT2D eigenvalue weighted by molar-refractivity contribution is 5.95. The first-order valence-electron chi connectivity index (χ1n) is 7.38. The molecule has 0 bridgehead atoms. The van der Waals surface area contributed by atoms with Gasteiger partial charge >= 0.3 is 5.69 Å². The molecule has 0 saturated carbocycles. The molecule has 2 aromatic rings. The molecule has 0 aliphatic heterocycles. The summed E-state index contributed by atoms with van der Waals surface area (Å²) in [5.74, 6) is -1.26. The van der Waals surface area contributed by atoms with Gasteiger partial charge in [-0.3, -0.25) is 14.2 Å². The van der Waals surface area contributed by atoms with Gasteiger partial charge in [-0.2, -0.15) is 5.26 Å². The Balaban J connectivity index is 2.92. The van der Waals surface area contributed by atoms with Gasteiger partial charge in [0.2, 0.25) is 5.88 Å². The fourth-order valence-electron chi connectivity index (χ4n) is 2.42. The molecule has 2 rings (SSSR count). The van der Waals surface area contributed by atoms with Crippen LogP contribution in [0.4, 0.5) is 0 Å². The summed E-state index contributed by atoms with van der Waals surface area (Å²) in [6.45, 7) is 4.97. The number of hydrogen-bond acceptors (Lipinski definition) is 5. The molecule has 0 radical (unpaired) electrons. The number of carbonyl (C=O) groups excluding carboxylic acids is 1. The Hall–Kier alpha value is -3.14. The molecular weight excluding hydrogens is 310 g/mol. The summed E-state index contributed by atoms with van der Waals surface area (Å²) in [6.07, 6.45) is 0. The topological polar surface area (TPSA) is 105 Å². The van der Waals surface area contributed by atoms with Crippen molar-refractivity contribution in [3.63, 3.8) is 0 Å². The molecule has 0 aliphatic carbocycles. The molecule has 124 valence electrons. The summed E-state index contributed by atoms with van der Waals surface area (Å²) in [6, 6.07) is 7.87. The molecular formula is C17H17N3O4. The highest BCUT2D eigenvalue weighted by atomic mass is 16.3. The molecule has 7 nitrogen and oxygen atoms in total. The third kappa shape index (κ3) is 2.99. The van der Waals surface area contributed by atoms with E-state index in [2.05, 4.69) is 0 Å². The largest absolute Gasteiger partial charge is 0.494 e. The van der Waals surface area contributed by atoms with Crippen molar-refractivity contribution in [3.05, 3.63) is 56.2 Å². The number of nitriles is 1. The zero-order valence-corrected chi connectivity index (χ0v) is 13.6. The summed E-state index contributed by atoms with van der Waals surface area (Å²) in [5.41, 5.74) is -1.67. The van der Waals surface area contributed by atoms with E-state index < -0.39 is 28.5 Å². The van der Waals surface area contributed by atoms with E-state index in [9.17, 15) is 19.5 Å². The Morgan fingerprint density at radius 3 is 2.54 bits per heavy atom. The maximum atomic E-state index is 12.7. The van der Waals surface area contributed by atoms with Gasteiger partial charge in [-0.05, 0) is 31.0 Å². The van der Waals surface area contributed by atoms with Crippen LogP contribution in [0.1, 0.15) is 36.7 Å². The van der Waals surface area contributed by atoms with Gasteiger partial charge in [0.15, 0.2) is 5.78 Å². The summed E-state index contributed by atoms with van der Waals surface area (Å²) in [4.78, 5) is 37.1. The van der Waals surface area contributed by atoms with Crippen molar-refractivity contribution in [2.75, 3.05) is 0 Å². The summed E-state index contributed by atoms with van der Waals surface area (Å²) in [5, 5.41) is 19.2. The normalized spacial score (nSPS) is 10.6. The lowest BCUT2D eigenvalue weighted by Gasteiger charge is -2.16. The molecule has 24 heavy (non-hydrogen) atoms. The molecule has 0 aliphatic rings. The number of rotatable bonds is 4. The van der Waals surface area contributed by atoms with Crippen molar-refractivity contribution in [3.8, 4) is 17.6 Å². The number of hydrogen-bond donors (Lipinski definition) is 1. The van der Waals surface area contributed by atoms with Gasteiger partial charge in [-0.1, -0.05) is 19.9 Å². The second-order valence-corrected chi connectivity index (χ2v) is 5.84. The smallest absolute Gasteiger partial charge is 0.338 e. The minimum absolute atomic E-state index is 0.00445. The Kier molecular flexibility index (Phi) is 4.69. The van der Waals surface area contributed by atoms with E-state index >= 15 is 0 Å². The van der Waals surface area contributed by atoms with Gasteiger partial charge in [0.25, 0.3) is 5.56 Å². The van der Waals surface area contributed by atoms with E-state index in [1.54, 1.807) is 0 Å². The van der Waals surface area contributed by atoms with E-state index in [0.717, 1.165) is 16.1 Å². The first-order valence-corrected chi connectivity index (χ1v) is 7.38. The number of nitrogens with zero attached hydrogens (tertiary/aromatic N) is 3. The summed E-state index contributed by atoms with van der Waals surface area (Å²) in [7, 11) is 0. The predicted molar refractivity (Wildman–Crippen MR) is 87.5 cm³/mol. The van der Waals surface area contributed by atoms with Crippen molar-refractivity contribution < 1.29 is 9.90 Å². The monoisotopic (exact) mass is 327 g/mol. The Morgan fingerprint density at radius 2 is 2.00 bits per heavy atom. The SMILES string of the molecule is CC(=O)c1c(O)n(CC(C)C)c(=O)n(-c2cccc(C#N)c2)c1=O. The van der Waals surface area contributed by atoms with Gasteiger partial charge in [0, 0.05) is 6.54 Å². The van der Waals surface area contributed by atoms with Crippen LogP contribution in [-0.4, -0.2) is 20.0 Å². The number of aromatic hydroxyl groups is 1. The van der Waals surface area contributed by atoms with E-state index in [1.807, 2.05) is 19.9 Å². The van der Waals surface area contributed by atoms with Gasteiger partial charge < -0.3 is 5.11 Å². The van der Waals surface area contributed by atoms with Gasteiger partial charge in [0.05, 0.1) is 17.3 Å². The fourth-order valence-corrected chi connectivity index (χ4v) is 2.42. The quantitative estimate of drug-likeness (QED) is 0.855. The first kappa shape index (κ1) is 17.2. The highest BCUT2D eigenvalue weighted by Crippen LogP contribution is 2.15. The van der Waals surface area contributed by atoms with Crippen LogP contribution in [-0.2, 0) is 6.54 Å². The van der Waals surface area contributed by atoms with Gasteiger partial charge in [-0.25, -0.2) is 9.36 Å². The van der Waals surface area contributed by atoms with Gasteiger partial charge in [0.1, 0.15) is 5.56 Å². The third-order valence-electron chi connectivity index (χ3n) is 3.45. The first-order chi connectivity index (χ1) is 11.3. The number of carbonyl (C=O) groups is 1. The lowest BCUT2D eigenvalue weighted by Crippen LogP contribution is -2.42. The Bertz CT molecular complexity index is 961. The highest BCUT2D eigenvalue weighted by Gasteiger charge is 2.23. The van der Waals surface area contributed by atoms with Crippen LogP contribution in [0.25, 0.3) is 5.69 Å². The van der Waals surface area contributed by atoms with Crippen LogP contribution in [0.3, 0.4) is 0 Å². The molecule has 1 N–H and O–H groups in total. The standard InChI is InChI=1S/C17H17N3O4/c1-10(2)9-19-15(22)14(11(3)21)16(23)20(17(19)24)13-6-4-5-12(7-13)8-18/h4-7,10,22H,9H2,1-3H3. The maximum absolute atomic E-state index is 12.7. The Morgan fingerprint density at radius 1 is 1.33 bits per heavy atom. The molecule has 0 amide bonds. The van der Waals surface area contributed by atoms with Crippen LogP contribution in [0, 0.1) is 17.2 Å². The predicted octanol–water partition coefficient (Wildman–Crippen LogP) is 1.44. The molecule has 1 heterocycles. The van der Waals surface area contributed by atoms with Crippen molar-refractivity contribution in [2.24, 2.45) is 5.92 Å². The third-order valence-corrected chi connectivity index (χ3v) is 3.45. The number of Topliss-reactive ketones (excluding diaryl/α,β-unsaturated/α-hetero) is 1. The fraction of sp³-hybridized carbons (Fsp3) is 0.294. The number of aromatic nitrogens is 2. The second kappa shape index (κ2) is 6.54. The van der Waals surface area contributed by atoms with Crippen molar-refractivity contribution in [1.29, 1.82) is 5.26 Å². The molecule has 1 aromatic heterocycles. The van der Waals surface area contributed by atoms with Crippen LogP contribution < -0.4 is 11.2 Å². The molecule has 1 aromatic carbocycles. The lowest BCUT2D eigenvalue weighted by atomic mass is 10.1. The molecule has 0 fully saturated rings. The van der Waals surface area contributed by atoms with Gasteiger partial charge in [-0.15, -0.1) is 0 Å². The minimum Gasteiger partial charge on any atom is -0.494 e. The van der Waals surface area contributed by atoms with Crippen molar-refractivity contribution >= 4 is 5.78 Å². The zero-order valence-electron chi connectivity index (χ0n) is 13.6. The van der Waals surface area contributed by atoms with E-state index in [0.29, 0.717) is 0 Å². The van der Waals surface area contributed by atoms with E-state index in [4.69, 9.17) is 5.26 Å². The molecule has 0 atom stereocenters. The number of benzene rings is 1. The summed E-state index contributed by atoms with van der Waals surface area (Å²) >= 11 is 0. The van der Waals surface area contributed by atoms with Crippen LogP contribution in [0.2, 0.25) is 0 Å². The second-order valence-electron chi connectivity index (χ2n) is 5.84. The van der Waals surface area contributed by atoms with Crippen molar-refractivity contribution in [1.82, 2.24) is 9.13 Å². The maximum Gasteiger partial charge on any atom is 0.338 e. The minimum atomic E-state index is -0.903. The van der Waals surface area contributed by atoms with Crippen molar-refractivity contribution in [2.45, 2.75) is 27.3 Å². The average molecular weight is 327 g/mol. The van der Waals surface area contributed by atoms with E-state index in [1.165, 1.54) is 24.3 Å².